The van der Waals surface area contributed by atoms with Gasteiger partial charge in [0.25, 0.3) is 0 Å². The first-order valence-corrected chi connectivity index (χ1v) is 38.0. The minimum atomic E-state index is 0. The molecule has 0 N–H and O–H groups in total. The van der Waals surface area contributed by atoms with Crippen molar-refractivity contribution in [2.75, 3.05) is 0 Å². The average molecular weight is 1290 g/mol. The second kappa shape index (κ2) is 26.2. The third-order valence-electron chi connectivity index (χ3n) is 28.8. The van der Waals surface area contributed by atoms with E-state index in [9.17, 15) is 0 Å². The fraction of sp³-hybridized carbons (Fsp3) is 0.628. The van der Waals surface area contributed by atoms with Gasteiger partial charge in [0.2, 0.25) is 0 Å². The van der Waals surface area contributed by atoms with Crippen molar-refractivity contribution in [3.63, 3.8) is 0 Å². The maximum atomic E-state index is 7.60. The summed E-state index contributed by atoms with van der Waals surface area (Å²) in [5.41, 5.74) is 12.8. The second-order valence-electron chi connectivity index (χ2n) is 34.4. The molecule has 1 radical (unpaired) electrons. The van der Waals surface area contributed by atoms with Crippen LogP contribution in [-0.4, -0.2) is 22.2 Å². The number of hydrogen-bond donors (Lipinski definition) is 0. The number of aromatic nitrogens is 4. The normalized spacial score (nSPS) is 34.8. The molecule has 8 saturated carbocycles. The van der Waals surface area contributed by atoms with Gasteiger partial charge in [-0.2, -0.15) is 0 Å². The SMILES string of the molecule is CC(C)CCC[C@@H](C)[C@H]1CC[C@H]2[C@@H]3CC[C@H]4C[C@@H](Oc5c6nc(c(-c7ccccc7)c7ccc([n-]7)c(O[C@H]7CC[C@@]8(C)[C@@H](CC[C@@H]9[C@@H]8CC[C@]8(C)[C@@H]([C@H](C)CCCC(C)C)CC[C@@H]98)C7)c7nc(c(-c8ccccc8)c8ccc5[n-]8)C=C7)C=C6)CC[C@]4(C)[C@H]3CC[C@]12C.[Co+2]. The second-order valence-corrected chi connectivity index (χ2v) is 34.4. The van der Waals surface area contributed by atoms with Crippen LogP contribution in [0, 0.1) is 105 Å². The molecule has 2 aromatic carbocycles. The van der Waals surface area contributed by atoms with Crippen LogP contribution in [0.25, 0.3) is 68.6 Å². The summed E-state index contributed by atoms with van der Waals surface area (Å²) in [4.78, 5) is 22.5. The van der Waals surface area contributed by atoms with Crippen molar-refractivity contribution < 1.29 is 26.3 Å². The molecule has 0 amide bonds. The molecule has 2 aliphatic heterocycles. The van der Waals surface area contributed by atoms with Crippen LogP contribution in [0.1, 0.15) is 246 Å². The largest absolute Gasteiger partial charge is 2.00 e. The summed E-state index contributed by atoms with van der Waals surface area (Å²) in [7, 11) is 0. The molecular weight excluding hydrogens is 1180 g/mol. The fourth-order valence-corrected chi connectivity index (χ4v) is 24.1. The Bertz CT molecular complexity index is 3470. The van der Waals surface area contributed by atoms with Gasteiger partial charge in [0.1, 0.15) is 22.9 Å². The fourth-order valence-electron chi connectivity index (χ4n) is 24.1. The molecule has 8 bridgehead atoms. The third-order valence-corrected chi connectivity index (χ3v) is 28.8. The number of benzene rings is 2. The van der Waals surface area contributed by atoms with Gasteiger partial charge in [-0.25, -0.2) is 9.97 Å². The van der Waals surface area contributed by atoms with Gasteiger partial charge in [0, 0.05) is 0 Å². The molecule has 5 aromatic rings. The van der Waals surface area contributed by atoms with Crippen molar-refractivity contribution in [1.82, 2.24) is 19.9 Å². The molecule has 18 atom stereocenters. The average Bonchev–Trinajstić information content (AvgIpc) is 1.71. The molecule has 5 heterocycles. The Morgan fingerprint density at radius 2 is 0.785 bits per heavy atom. The van der Waals surface area contributed by atoms with E-state index in [0.29, 0.717) is 33.5 Å². The summed E-state index contributed by atoms with van der Waals surface area (Å²) in [5, 5.41) is 0. The molecule has 93 heavy (non-hydrogen) atoms. The zero-order chi connectivity index (χ0) is 63.3. The Balaban J connectivity index is 0.00000749. The maximum Gasteiger partial charge on any atom is 2.00 e. The summed E-state index contributed by atoms with van der Waals surface area (Å²) >= 11 is 0. The summed E-state index contributed by atoms with van der Waals surface area (Å²) < 4.78 is 15.2. The topological polar surface area (TPSA) is 72.4 Å². The van der Waals surface area contributed by atoms with Gasteiger partial charge in [-0.1, -0.05) is 204 Å². The molecule has 0 saturated heterocycles. The predicted octanol–water partition coefficient (Wildman–Crippen LogP) is 23.0. The van der Waals surface area contributed by atoms with Gasteiger partial charge in [-0.15, -0.1) is 11.0 Å². The van der Waals surface area contributed by atoms with Gasteiger partial charge in [0.05, 0.1) is 23.6 Å². The van der Waals surface area contributed by atoms with Crippen LogP contribution < -0.4 is 19.4 Å². The van der Waals surface area contributed by atoms with Crippen LogP contribution in [0.4, 0.5) is 0 Å². The zero-order valence-corrected chi connectivity index (χ0v) is 59.6. The van der Waals surface area contributed by atoms with E-state index in [4.69, 9.17) is 29.4 Å². The van der Waals surface area contributed by atoms with E-state index in [1.165, 1.54) is 128 Å². The van der Waals surface area contributed by atoms with Crippen molar-refractivity contribution >= 4 is 46.4 Å². The monoisotopic (exact) mass is 1290 g/mol. The molecule has 6 nitrogen and oxygen atoms in total. The quantitative estimate of drug-likeness (QED) is 0.0960. The molecular formula is C86H112CoN4O2. The first kappa shape index (κ1) is 65.4. The van der Waals surface area contributed by atoms with Crippen LogP contribution in [0.3, 0.4) is 0 Å². The molecule has 8 aliphatic carbocycles. The van der Waals surface area contributed by atoms with E-state index < -0.39 is 0 Å². The Hall–Kier alpha value is -4.85. The molecule has 10 aliphatic rings. The molecule has 8 fully saturated rings. The van der Waals surface area contributed by atoms with Gasteiger partial charge < -0.3 is 19.4 Å². The number of ether oxygens (including phenoxy) is 2. The zero-order valence-electron chi connectivity index (χ0n) is 58.5. The van der Waals surface area contributed by atoms with Crippen molar-refractivity contribution in [2.24, 2.45) is 105 Å². The van der Waals surface area contributed by atoms with Crippen LogP contribution in [0.5, 0.6) is 11.5 Å². The molecule has 7 heteroatoms. The van der Waals surface area contributed by atoms with E-state index in [-0.39, 0.29) is 29.0 Å². The minimum Gasteiger partial charge on any atom is -0.654 e. The minimum absolute atomic E-state index is 0. The molecule has 0 unspecified atom stereocenters. The van der Waals surface area contributed by atoms with Gasteiger partial charge >= 0.3 is 16.8 Å². The standard InChI is InChI=1S/C86H112N4O2.Co/c1-53(2)19-17-21-55(5)65-31-33-67-63-29-27-59-51-61(43-47-83(59,7)69(63)45-49-85(65,67)9)91-81-75-39-35-71(87-75)79(57-23-13-11-14-24-57)73-37-41-77(89-73)82(78-42-38-74(90-78)80(58-25-15-12-16-26-58)72-36-40-76(81)88-72)92-62-44-48-84(8)60(52-62)28-30-64-68-34-32-66(56(6)22-18-20-54(3)4)86(68,10)50-46-70(64)84;/h11-16,23-26,35-42,53-56,59-70H,17-22,27-34,43-52H2,1-10H3;/q-2;+2/t55-,56-,59+,60+,61+,62+,63+,64+,65-,66-,67+,68+,69+,70+,83+,84+,85-,86-;/m1./s1. The molecule has 0 spiro atoms. The van der Waals surface area contributed by atoms with Crippen molar-refractivity contribution in [1.29, 1.82) is 0 Å². The third kappa shape index (κ3) is 11.8. The smallest absolute Gasteiger partial charge is 0.654 e. The van der Waals surface area contributed by atoms with E-state index in [1.807, 2.05) is 0 Å². The van der Waals surface area contributed by atoms with Crippen molar-refractivity contribution in [3.8, 4) is 33.8 Å². The molecule has 15 rings (SSSR count). The Labute approximate surface area is 570 Å². The Morgan fingerprint density at radius 1 is 0.409 bits per heavy atom. The van der Waals surface area contributed by atoms with E-state index in [2.05, 4.69) is 178 Å². The van der Waals surface area contributed by atoms with Crippen LogP contribution >= 0.6 is 0 Å². The summed E-state index contributed by atoms with van der Waals surface area (Å²) in [6, 6.07) is 30.3. The van der Waals surface area contributed by atoms with Gasteiger partial charge in [-0.3, -0.25) is 0 Å². The summed E-state index contributed by atoms with van der Waals surface area (Å²) in [5.74, 6) is 13.1. The first-order valence-electron chi connectivity index (χ1n) is 38.0. The first-order chi connectivity index (χ1) is 44.5. The predicted molar refractivity (Wildman–Crippen MR) is 383 cm³/mol. The Morgan fingerprint density at radius 3 is 1.19 bits per heavy atom. The molecule has 497 valence electrons. The Kier molecular flexibility index (Phi) is 18.4. The van der Waals surface area contributed by atoms with Crippen LogP contribution in [0.15, 0.2) is 84.9 Å². The van der Waals surface area contributed by atoms with E-state index in [0.717, 1.165) is 175 Å². The van der Waals surface area contributed by atoms with Gasteiger partial charge in [-0.05, 0) is 267 Å². The van der Waals surface area contributed by atoms with Gasteiger partial charge in [0.15, 0.2) is 0 Å². The number of nitrogens with zero attached hydrogens (tertiary/aromatic N) is 4. The van der Waals surface area contributed by atoms with E-state index in [1.54, 1.807) is 0 Å². The summed E-state index contributed by atoms with van der Waals surface area (Å²) in [6.45, 7) is 25.8. The van der Waals surface area contributed by atoms with Crippen LogP contribution in [-0.2, 0) is 16.8 Å². The molecule has 3 aromatic heterocycles. The number of hydrogen-bond acceptors (Lipinski definition) is 4. The maximum absolute atomic E-state index is 7.60. The van der Waals surface area contributed by atoms with Crippen molar-refractivity contribution in [3.05, 3.63) is 108 Å². The summed E-state index contributed by atoms with van der Waals surface area (Å²) in [6.07, 6.45) is 41.0. The van der Waals surface area contributed by atoms with E-state index >= 15 is 0 Å². The number of fused-ring (bicyclic) bond motifs is 18. The number of rotatable bonds is 16. The van der Waals surface area contributed by atoms with Crippen molar-refractivity contribution in [2.45, 2.75) is 236 Å². The van der Waals surface area contributed by atoms with Crippen LogP contribution in [0.2, 0.25) is 0 Å².